The molecule has 5 N–H and O–H groups in total. The van der Waals surface area contributed by atoms with Crippen LogP contribution in [-0.4, -0.2) is 51.8 Å². The summed E-state index contributed by atoms with van der Waals surface area (Å²) < 4.78 is 44.6. The summed E-state index contributed by atoms with van der Waals surface area (Å²) >= 11 is 0. The second-order valence-corrected chi connectivity index (χ2v) is 25.2. The fourth-order valence-corrected chi connectivity index (χ4v) is 19.2. The third-order valence-electron chi connectivity index (χ3n) is 21.3. The number of aryl methyl sites for hydroxylation is 3. The summed E-state index contributed by atoms with van der Waals surface area (Å²) in [7, 11) is -4.56. The van der Waals surface area contributed by atoms with Crippen LogP contribution in [-0.2, 0) is 29.4 Å². The third kappa shape index (κ3) is 6.10. The fraction of sp³-hybridized carbons (Fsp3) is 0.643. The van der Waals surface area contributed by atoms with Gasteiger partial charge >= 0.3 is 10.1 Å². The van der Waals surface area contributed by atoms with Crippen molar-refractivity contribution in [1.82, 2.24) is 0 Å². The van der Waals surface area contributed by atoms with E-state index in [-0.39, 0.29) is 80.7 Å². The zero-order valence-electron chi connectivity index (χ0n) is 38.9. The first-order valence-corrected chi connectivity index (χ1v) is 26.9. The Morgan fingerprint density at radius 2 is 1.09 bits per heavy atom. The zero-order valence-corrected chi connectivity index (χ0v) is 39.7. The molecule has 0 bridgehead atoms. The maximum absolute atomic E-state index is 15.5. The number of aliphatic hydroxyl groups is 3. The molecule has 0 aliphatic heterocycles. The highest BCUT2D eigenvalue weighted by Gasteiger charge is 2.62. The summed E-state index contributed by atoms with van der Waals surface area (Å²) in [6.07, 6.45) is 20.0. The van der Waals surface area contributed by atoms with Crippen molar-refractivity contribution < 1.29 is 42.9 Å². The van der Waals surface area contributed by atoms with Crippen LogP contribution >= 0.6 is 0 Å². The molecule has 6 fully saturated rings. The monoisotopic (exact) mass is 916 g/mol. The molecule has 12 rings (SSSR count). The van der Waals surface area contributed by atoms with Crippen molar-refractivity contribution in [3.8, 4) is 41.1 Å². The van der Waals surface area contributed by atoms with E-state index in [2.05, 4.69) is 26.7 Å². The second-order valence-electron chi connectivity index (χ2n) is 23.7. The molecule has 66 heavy (non-hydrogen) atoms. The van der Waals surface area contributed by atoms with Gasteiger partial charge in [-0.1, -0.05) is 26.7 Å². The average Bonchev–Trinajstić information content (AvgIpc) is 3.87. The van der Waals surface area contributed by atoms with Crippen LogP contribution in [0.3, 0.4) is 0 Å². The van der Waals surface area contributed by atoms with Crippen molar-refractivity contribution in [1.29, 1.82) is 0 Å². The van der Waals surface area contributed by atoms with E-state index in [1.54, 1.807) is 18.2 Å². The Balaban J connectivity index is 0.955. The van der Waals surface area contributed by atoms with Gasteiger partial charge in [0.25, 0.3) is 0 Å². The number of hydrogen-bond donors (Lipinski definition) is 5. The topological polar surface area (TPSA) is 154 Å². The molecule has 3 aromatic carbocycles. The van der Waals surface area contributed by atoms with Gasteiger partial charge in [0.2, 0.25) is 0 Å². The lowest BCUT2D eigenvalue weighted by molar-refractivity contribution is -0.0649. The highest BCUT2D eigenvalue weighted by molar-refractivity contribution is 7.87. The summed E-state index contributed by atoms with van der Waals surface area (Å²) in [6.45, 7) is 6.63. The van der Waals surface area contributed by atoms with Gasteiger partial charge in [0.1, 0.15) is 39.2 Å². The Bertz CT molecular complexity index is 2670. The SMILES string of the molecule is C#C[C@]1(O)CC[C@H]2[C@@H]3CCc4cc(Oc5cc(O)cc6c5[C@H]5CC[C@]7(C)[C@H](O)CC[C@H]7[C@@H]5CC6)cc(S(=O)(=O)Oc5cc(O)cc6c5[C@H]5CC[C@]7(C)[C@H](O)CC[C@H]7[C@@H]5CC6)c4[C@H]3CCC21C. The van der Waals surface area contributed by atoms with Crippen LogP contribution in [0, 0.1) is 64.1 Å². The molecule has 0 amide bonds. The molecular weight excluding hydrogens is 849 g/mol. The normalized spacial score (nSPS) is 41.6. The van der Waals surface area contributed by atoms with Crippen LogP contribution in [0.5, 0.6) is 28.7 Å². The second kappa shape index (κ2) is 14.9. The molecule has 0 saturated heterocycles. The summed E-state index contributed by atoms with van der Waals surface area (Å²) in [5, 5.41) is 56.3. The number of fused-ring (bicyclic) bond motifs is 15. The van der Waals surface area contributed by atoms with Crippen LogP contribution in [0.25, 0.3) is 0 Å². The van der Waals surface area contributed by atoms with Crippen molar-refractivity contribution in [2.24, 2.45) is 51.8 Å². The van der Waals surface area contributed by atoms with Crippen LogP contribution < -0.4 is 8.92 Å². The smallest absolute Gasteiger partial charge is 0.339 e. The number of rotatable bonds is 5. The van der Waals surface area contributed by atoms with Gasteiger partial charge < -0.3 is 34.5 Å². The molecular formula is C56H68O9S. The highest BCUT2D eigenvalue weighted by Crippen LogP contribution is 2.67. The minimum atomic E-state index is -4.56. The zero-order chi connectivity index (χ0) is 45.9. The summed E-state index contributed by atoms with van der Waals surface area (Å²) in [5.74, 6) is 5.79. The number of aliphatic hydroxyl groups excluding tert-OH is 2. The number of ether oxygens (including phenoxy) is 1. The first-order chi connectivity index (χ1) is 31.5. The quantitative estimate of drug-likeness (QED) is 0.124. The van der Waals surface area contributed by atoms with Gasteiger partial charge in [-0.25, -0.2) is 0 Å². The molecule has 10 heteroatoms. The number of hydrogen-bond acceptors (Lipinski definition) is 9. The molecule has 0 radical (unpaired) electrons. The van der Waals surface area contributed by atoms with Crippen LogP contribution in [0.4, 0.5) is 0 Å². The lowest BCUT2D eigenvalue weighted by Gasteiger charge is -2.52. The van der Waals surface area contributed by atoms with E-state index in [0.717, 1.165) is 117 Å². The molecule has 1 unspecified atom stereocenters. The van der Waals surface area contributed by atoms with Gasteiger partial charge in [0.15, 0.2) is 0 Å². The standard InChI is InChI=1S/C56H68O9S/c1-5-56(61)23-19-44-38-11-8-32-26-35(64-45-27-33(57)24-30-6-9-36-39(50(30)45)16-20-53(2)42(36)12-14-48(53)59)29-47(52(32)41(38)18-22-55(44,56)4)66(62,63)65-46-28-34(58)25-31-7-10-37-40(51(31)46)17-21-54(3)43(37)13-15-49(54)60/h1,24-29,36-44,48-49,57-61H,6-23H2,2-4H3/t36-,37-,38-,39+,40+,41+,42+,43+,44+,48-,49-,53+,54+,55?,56+/m1/s1. The average molecular weight is 917 g/mol. The Morgan fingerprint density at radius 1 is 0.591 bits per heavy atom. The predicted molar refractivity (Wildman–Crippen MR) is 250 cm³/mol. The molecule has 0 heterocycles. The Hall–Kier alpha value is -3.75. The van der Waals surface area contributed by atoms with E-state index in [4.69, 9.17) is 15.3 Å². The van der Waals surface area contributed by atoms with Gasteiger partial charge in [0, 0.05) is 34.7 Å². The predicted octanol–water partition coefficient (Wildman–Crippen LogP) is 10.3. The van der Waals surface area contributed by atoms with E-state index in [0.29, 0.717) is 61.4 Å². The van der Waals surface area contributed by atoms with Crippen molar-refractivity contribution >= 4 is 10.1 Å². The number of terminal acetylenes is 1. The summed E-state index contributed by atoms with van der Waals surface area (Å²) in [6, 6.07) is 10.5. The highest BCUT2D eigenvalue weighted by atomic mass is 32.2. The van der Waals surface area contributed by atoms with Crippen molar-refractivity contribution in [2.45, 2.75) is 177 Å². The van der Waals surface area contributed by atoms with E-state index in [1.807, 2.05) is 12.1 Å². The van der Waals surface area contributed by atoms with Gasteiger partial charge in [-0.2, -0.15) is 8.42 Å². The number of phenolic OH excluding ortho intramolecular Hbond substituents is 2. The van der Waals surface area contributed by atoms with E-state index in [9.17, 15) is 25.5 Å². The van der Waals surface area contributed by atoms with Crippen LogP contribution in [0.2, 0.25) is 0 Å². The molecule has 0 aromatic heterocycles. The number of benzene rings is 3. The molecule has 9 aliphatic rings. The van der Waals surface area contributed by atoms with Crippen molar-refractivity contribution in [2.75, 3.05) is 0 Å². The fourth-order valence-electron chi connectivity index (χ4n) is 17.9. The van der Waals surface area contributed by atoms with Gasteiger partial charge in [0.05, 0.1) is 12.2 Å². The maximum Gasteiger partial charge on any atom is 0.339 e. The first-order valence-electron chi connectivity index (χ1n) is 25.5. The van der Waals surface area contributed by atoms with E-state index >= 15 is 8.42 Å². The molecule has 15 atom stereocenters. The number of aromatic hydroxyl groups is 2. The summed E-state index contributed by atoms with van der Waals surface area (Å²) in [4.78, 5) is 0.0818. The summed E-state index contributed by atoms with van der Waals surface area (Å²) in [5.41, 5.74) is 3.72. The van der Waals surface area contributed by atoms with Crippen molar-refractivity contribution in [3.63, 3.8) is 0 Å². The number of phenols is 2. The Morgan fingerprint density at radius 3 is 1.67 bits per heavy atom. The largest absolute Gasteiger partial charge is 0.508 e. The maximum atomic E-state index is 15.5. The van der Waals surface area contributed by atoms with Gasteiger partial charge in [-0.3, -0.25) is 0 Å². The molecule has 352 valence electrons. The van der Waals surface area contributed by atoms with E-state index < -0.39 is 21.1 Å². The lowest BCUT2D eigenvalue weighted by Crippen LogP contribution is -2.50. The van der Waals surface area contributed by atoms with E-state index in [1.165, 1.54) is 6.07 Å². The van der Waals surface area contributed by atoms with Gasteiger partial charge in [-0.05, 0) is 220 Å². The van der Waals surface area contributed by atoms with Crippen LogP contribution in [0.15, 0.2) is 41.3 Å². The molecule has 0 spiro atoms. The van der Waals surface area contributed by atoms with Gasteiger partial charge in [-0.15, -0.1) is 6.42 Å². The third-order valence-corrected chi connectivity index (χ3v) is 22.6. The lowest BCUT2D eigenvalue weighted by atomic mass is 9.53. The molecule has 9 nitrogen and oxygen atoms in total. The molecule has 6 saturated carbocycles. The minimum absolute atomic E-state index is 0.0237. The van der Waals surface area contributed by atoms with Crippen molar-refractivity contribution in [3.05, 3.63) is 69.8 Å². The molecule has 9 aliphatic carbocycles. The Kier molecular flexibility index (Phi) is 9.81. The molecule has 3 aromatic rings. The first kappa shape index (κ1) is 43.5. The minimum Gasteiger partial charge on any atom is -0.508 e. The van der Waals surface area contributed by atoms with Crippen LogP contribution in [0.1, 0.15) is 168 Å². The Labute approximate surface area is 390 Å².